The van der Waals surface area contributed by atoms with E-state index in [0.29, 0.717) is 5.76 Å². The summed E-state index contributed by atoms with van der Waals surface area (Å²) in [7, 11) is 0. The summed E-state index contributed by atoms with van der Waals surface area (Å²) in [5, 5.41) is 0. The SMILES string of the molecule is CCCc1c(I)coc1C=O. The first-order valence-corrected chi connectivity index (χ1v) is 4.58. The van der Waals surface area contributed by atoms with E-state index in [1.807, 2.05) is 0 Å². The predicted molar refractivity (Wildman–Crippen MR) is 50.8 cm³/mol. The minimum atomic E-state index is 0.483. The van der Waals surface area contributed by atoms with Crippen molar-refractivity contribution in [2.24, 2.45) is 0 Å². The van der Waals surface area contributed by atoms with Gasteiger partial charge in [0.1, 0.15) is 6.26 Å². The summed E-state index contributed by atoms with van der Waals surface area (Å²) in [6.07, 6.45) is 4.35. The third-order valence-electron chi connectivity index (χ3n) is 1.48. The van der Waals surface area contributed by atoms with Gasteiger partial charge in [0, 0.05) is 5.56 Å². The van der Waals surface area contributed by atoms with Crippen LogP contribution in [0.3, 0.4) is 0 Å². The lowest BCUT2D eigenvalue weighted by Crippen LogP contribution is -1.88. The maximum atomic E-state index is 10.4. The topological polar surface area (TPSA) is 30.2 Å². The Labute approximate surface area is 79.1 Å². The van der Waals surface area contributed by atoms with Crippen LogP contribution in [-0.4, -0.2) is 6.29 Å². The van der Waals surface area contributed by atoms with E-state index < -0.39 is 0 Å². The molecule has 0 fully saturated rings. The van der Waals surface area contributed by atoms with Crippen molar-refractivity contribution in [3.63, 3.8) is 0 Å². The van der Waals surface area contributed by atoms with Gasteiger partial charge in [-0.15, -0.1) is 0 Å². The largest absolute Gasteiger partial charge is 0.460 e. The Kier molecular flexibility index (Phi) is 3.11. The Bertz CT molecular complexity index is 253. The van der Waals surface area contributed by atoms with E-state index in [4.69, 9.17) is 4.42 Å². The third kappa shape index (κ3) is 1.83. The number of hydrogen-bond acceptors (Lipinski definition) is 2. The quantitative estimate of drug-likeness (QED) is 0.620. The van der Waals surface area contributed by atoms with E-state index in [0.717, 1.165) is 28.3 Å². The molecule has 60 valence electrons. The molecule has 0 bridgehead atoms. The second kappa shape index (κ2) is 3.90. The molecule has 0 aromatic carbocycles. The lowest BCUT2D eigenvalue weighted by atomic mass is 10.1. The van der Waals surface area contributed by atoms with Gasteiger partial charge in [0.25, 0.3) is 0 Å². The molecule has 1 aromatic rings. The van der Waals surface area contributed by atoms with Gasteiger partial charge in [-0.05, 0) is 29.0 Å². The highest BCUT2D eigenvalue weighted by atomic mass is 127. The number of carbonyl (C=O) groups excluding carboxylic acids is 1. The maximum absolute atomic E-state index is 10.4. The van der Waals surface area contributed by atoms with Crippen LogP contribution in [0.5, 0.6) is 0 Å². The summed E-state index contributed by atoms with van der Waals surface area (Å²) in [6, 6.07) is 0. The first kappa shape index (κ1) is 8.77. The Hall–Kier alpha value is -0.320. The zero-order valence-corrected chi connectivity index (χ0v) is 8.42. The molecule has 0 N–H and O–H groups in total. The second-order valence-corrected chi connectivity index (χ2v) is 3.46. The smallest absolute Gasteiger partial charge is 0.185 e. The van der Waals surface area contributed by atoms with Gasteiger partial charge < -0.3 is 4.42 Å². The summed E-state index contributed by atoms with van der Waals surface area (Å²) in [4.78, 5) is 10.4. The minimum Gasteiger partial charge on any atom is -0.460 e. The van der Waals surface area contributed by atoms with Crippen LogP contribution in [0, 0.1) is 3.57 Å². The molecular formula is C8H9IO2. The normalized spacial score (nSPS) is 10.0. The van der Waals surface area contributed by atoms with Gasteiger partial charge in [-0.3, -0.25) is 4.79 Å². The molecule has 0 saturated heterocycles. The van der Waals surface area contributed by atoms with Crippen LogP contribution < -0.4 is 0 Å². The van der Waals surface area contributed by atoms with E-state index in [9.17, 15) is 4.79 Å². The number of aldehydes is 1. The molecule has 0 aliphatic rings. The number of rotatable bonds is 3. The highest BCUT2D eigenvalue weighted by Gasteiger charge is 2.08. The first-order chi connectivity index (χ1) is 5.29. The van der Waals surface area contributed by atoms with Gasteiger partial charge in [-0.1, -0.05) is 13.3 Å². The van der Waals surface area contributed by atoms with Crippen LogP contribution in [0.4, 0.5) is 0 Å². The molecule has 0 unspecified atom stereocenters. The van der Waals surface area contributed by atoms with Crippen molar-refractivity contribution in [2.75, 3.05) is 0 Å². The van der Waals surface area contributed by atoms with Crippen LogP contribution in [0.2, 0.25) is 0 Å². The van der Waals surface area contributed by atoms with E-state index >= 15 is 0 Å². The van der Waals surface area contributed by atoms with Gasteiger partial charge >= 0.3 is 0 Å². The Morgan fingerprint density at radius 1 is 1.73 bits per heavy atom. The summed E-state index contributed by atoms with van der Waals surface area (Å²) in [5.74, 6) is 0.483. The molecule has 0 aliphatic carbocycles. The molecule has 2 nitrogen and oxygen atoms in total. The van der Waals surface area contributed by atoms with E-state index in [1.54, 1.807) is 6.26 Å². The molecule has 1 aromatic heterocycles. The fourth-order valence-corrected chi connectivity index (χ4v) is 1.63. The molecule has 1 rings (SSSR count). The van der Waals surface area contributed by atoms with Gasteiger partial charge in [-0.25, -0.2) is 0 Å². The highest BCUT2D eigenvalue weighted by Crippen LogP contribution is 2.19. The monoisotopic (exact) mass is 264 g/mol. The minimum absolute atomic E-state index is 0.483. The molecule has 1 heterocycles. The predicted octanol–water partition coefficient (Wildman–Crippen LogP) is 2.65. The van der Waals surface area contributed by atoms with E-state index in [2.05, 4.69) is 29.5 Å². The van der Waals surface area contributed by atoms with Crippen molar-refractivity contribution in [2.45, 2.75) is 19.8 Å². The molecule has 0 atom stereocenters. The van der Waals surface area contributed by atoms with Gasteiger partial charge in [0.15, 0.2) is 12.0 Å². The molecular weight excluding hydrogens is 255 g/mol. The van der Waals surface area contributed by atoms with Crippen molar-refractivity contribution in [3.05, 3.63) is 21.2 Å². The number of carbonyl (C=O) groups is 1. The average Bonchev–Trinajstić information content (AvgIpc) is 2.34. The molecule has 0 spiro atoms. The van der Waals surface area contributed by atoms with Crippen molar-refractivity contribution >= 4 is 28.9 Å². The Morgan fingerprint density at radius 3 is 3.00 bits per heavy atom. The van der Waals surface area contributed by atoms with Crippen molar-refractivity contribution in [1.82, 2.24) is 0 Å². The van der Waals surface area contributed by atoms with Crippen LogP contribution in [0.15, 0.2) is 10.7 Å². The maximum Gasteiger partial charge on any atom is 0.185 e. The summed E-state index contributed by atoms with van der Waals surface area (Å²) >= 11 is 2.18. The zero-order chi connectivity index (χ0) is 8.27. The van der Waals surface area contributed by atoms with Gasteiger partial charge in [0.05, 0.1) is 3.57 Å². The fraction of sp³-hybridized carbons (Fsp3) is 0.375. The summed E-state index contributed by atoms with van der Waals surface area (Å²) in [5.41, 5.74) is 1.04. The second-order valence-electron chi connectivity index (χ2n) is 2.29. The first-order valence-electron chi connectivity index (χ1n) is 3.50. The molecule has 0 amide bonds. The van der Waals surface area contributed by atoms with Crippen molar-refractivity contribution in [1.29, 1.82) is 0 Å². The van der Waals surface area contributed by atoms with Crippen molar-refractivity contribution < 1.29 is 9.21 Å². The Morgan fingerprint density at radius 2 is 2.45 bits per heavy atom. The fourth-order valence-electron chi connectivity index (χ4n) is 0.967. The van der Waals surface area contributed by atoms with E-state index in [-0.39, 0.29) is 0 Å². The van der Waals surface area contributed by atoms with E-state index in [1.165, 1.54) is 0 Å². The van der Waals surface area contributed by atoms with Crippen LogP contribution in [0.1, 0.15) is 29.5 Å². The molecule has 3 heteroatoms. The number of halogens is 1. The number of hydrogen-bond donors (Lipinski definition) is 0. The lowest BCUT2D eigenvalue weighted by Gasteiger charge is -1.93. The van der Waals surface area contributed by atoms with Crippen LogP contribution >= 0.6 is 22.6 Å². The molecule has 0 radical (unpaired) electrons. The van der Waals surface area contributed by atoms with Gasteiger partial charge in [0.2, 0.25) is 0 Å². The van der Waals surface area contributed by atoms with Crippen LogP contribution in [-0.2, 0) is 6.42 Å². The molecule has 11 heavy (non-hydrogen) atoms. The zero-order valence-electron chi connectivity index (χ0n) is 6.26. The Balaban J connectivity index is 2.97. The summed E-state index contributed by atoms with van der Waals surface area (Å²) in [6.45, 7) is 2.08. The molecule has 0 aliphatic heterocycles. The molecule has 0 saturated carbocycles. The van der Waals surface area contributed by atoms with Crippen LogP contribution in [0.25, 0.3) is 0 Å². The average molecular weight is 264 g/mol. The lowest BCUT2D eigenvalue weighted by molar-refractivity contribution is 0.109. The summed E-state index contributed by atoms with van der Waals surface area (Å²) < 4.78 is 6.07. The van der Waals surface area contributed by atoms with Gasteiger partial charge in [-0.2, -0.15) is 0 Å². The third-order valence-corrected chi connectivity index (χ3v) is 2.39. The van der Waals surface area contributed by atoms with Crippen molar-refractivity contribution in [3.8, 4) is 0 Å². The standard InChI is InChI=1S/C8H9IO2/c1-2-3-6-7(9)5-11-8(6)4-10/h4-5H,2-3H2,1H3. The highest BCUT2D eigenvalue weighted by molar-refractivity contribution is 14.1. The number of furan rings is 1.